The Bertz CT molecular complexity index is 1040. The number of carbonyl (C=O) groups is 3. The van der Waals surface area contributed by atoms with Crippen LogP contribution in [0.1, 0.15) is 50.5 Å². The third kappa shape index (κ3) is 7.55. The molecule has 1 saturated heterocycles. The predicted molar refractivity (Wildman–Crippen MR) is 140 cm³/mol. The maximum absolute atomic E-state index is 12.7. The summed E-state index contributed by atoms with van der Waals surface area (Å²) in [5.41, 5.74) is 3.22. The fraction of sp³-hybridized carbons (Fsp3) is 0.464. The Hall–Kier alpha value is -3.39. The van der Waals surface area contributed by atoms with Gasteiger partial charge < -0.3 is 25.0 Å². The van der Waals surface area contributed by atoms with Gasteiger partial charge in [-0.1, -0.05) is 46.8 Å². The molecule has 0 saturated carbocycles. The van der Waals surface area contributed by atoms with Gasteiger partial charge in [-0.2, -0.15) is 0 Å². The van der Waals surface area contributed by atoms with E-state index in [4.69, 9.17) is 9.47 Å². The lowest BCUT2D eigenvalue weighted by atomic mass is 9.86. The molecule has 1 aliphatic heterocycles. The van der Waals surface area contributed by atoms with E-state index in [1.807, 2.05) is 50.2 Å². The summed E-state index contributed by atoms with van der Waals surface area (Å²) in [5.74, 6) is -1.68. The first kappa shape index (κ1) is 27.2. The third-order valence-electron chi connectivity index (χ3n) is 6.09. The predicted octanol–water partition coefficient (Wildman–Crippen LogP) is 3.76. The molecule has 1 unspecified atom stereocenters. The van der Waals surface area contributed by atoms with Crippen molar-refractivity contribution in [2.75, 3.05) is 43.1 Å². The summed E-state index contributed by atoms with van der Waals surface area (Å²) < 4.78 is 10.6. The van der Waals surface area contributed by atoms with E-state index >= 15 is 0 Å². The van der Waals surface area contributed by atoms with Crippen molar-refractivity contribution in [3.05, 3.63) is 59.7 Å². The molecule has 2 aromatic rings. The van der Waals surface area contributed by atoms with Gasteiger partial charge in [0, 0.05) is 30.0 Å². The molecule has 1 atom stereocenters. The highest BCUT2D eigenvalue weighted by molar-refractivity contribution is 5.97. The second-order valence-electron chi connectivity index (χ2n) is 10.3. The lowest BCUT2D eigenvalue weighted by Gasteiger charge is -2.28. The van der Waals surface area contributed by atoms with Crippen LogP contribution in [0.25, 0.3) is 0 Å². The van der Waals surface area contributed by atoms with E-state index in [1.165, 1.54) is 0 Å². The Balaban J connectivity index is 1.51. The molecule has 1 fully saturated rings. The number of ether oxygens (including phenoxy) is 2. The molecule has 0 radical (unpaired) electrons. The summed E-state index contributed by atoms with van der Waals surface area (Å²) in [6, 6.07) is 13.9. The van der Waals surface area contributed by atoms with Gasteiger partial charge in [0.2, 0.25) is 0 Å². The molecule has 0 aromatic heterocycles. The molecular weight excluding hydrogens is 458 g/mol. The molecule has 0 aliphatic carbocycles. The van der Waals surface area contributed by atoms with Crippen LogP contribution in [0.15, 0.2) is 48.5 Å². The number of nitrogens with one attached hydrogen (secondary N) is 2. The summed E-state index contributed by atoms with van der Waals surface area (Å²) in [4.78, 5) is 40.0. The van der Waals surface area contributed by atoms with Crippen molar-refractivity contribution >= 4 is 29.2 Å². The van der Waals surface area contributed by atoms with E-state index in [0.717, 1.165) is 24.3 Å². The Kier molecular flexibility index (Phi) is 9.09. The molecular formula is C28H37N3O5. The average Bonchev–Trinajstić information content (AvgIpc) is 2.86. The van der Waals surface area contributed by atoms with Crippen LogP contribution in [0, 0.1) is 5.92 Å². The molecule has 194 valence electrons. The number of morpholine rings is 1. The molecule has 3 rings (SSSR count). The zero-order valence-electron chi connectivity index (χ0n) is 21.8. The van der Waals surface area contributed by atoms with E-state index in [9.17, 15) is 14.4 Å². The lowest BCUT2D eigenvalue weighted by Crippen LogP contribution is -2.46. The van der Waals surface area contributed by atoms with Gasteiger partial charge in [0.25, 0.3) is 11.8 Å². The molecule has 2 N–H and O–H groups in total. The maximum atomic E-state index is 12.7. The van der Waals surface area contributed by atoms with Crippen LogP contribution >= 0.6 is 0 Å². The van der Waals surface area contributed by atoms with Crippen LogP contribution in [-0.4, -0.2) is 56.7 Å². The summed E-state index contributed by atoms with van der Waals surface area (Å²) >= 11 is 0. The van der Waals surface area contributed by atoms with Gasteiger partial charge in [0.05, 0.1) is 13.2 Å². The first-order chi connectivity index (χ1) is 17.0. The molecule has 2 amide bonds. The van der Waals surface area contributed by atoms with Crippen molar-refractivity contribution in [1.29, 1.82) is 0 Å². The van der Waals surface area contributed by atoms with Crippen LogP contribution in [0.2, 0.25) is 0 Å². The number of amides is 2. The smallest absolute Gasteiger partial charge is 0.329 e. The van der Waals surface area contributed by atoms with Crippen molar-refractivity contribution in [2.24, 2.45) is 5.92 Å². The number of carbonyl (C=O) groups excluding carboxylic acids is 3. The Morgan fingerprint density at radius 2 is 1.58 bits per heavy atom. The largest absolute Gasteiger partial charge is 0.454 e. The fourth-order valence-electron chi connectivity index (χ4n) is 3.84. The quantitative estimate of drug-likeness (QED) is 0.542. The average molecular weight is 496 g/mol. The number of anilines is 2. The van der Waals surface area contributed by atoms with Crippen molar-refractivity contribution in [2.45, 2.75) is 46.1 Å². The highest BCUT2D eigenvalue weighted by Crippen LogP contribution is 2.22. The molecule has 36 heavy (non-hydrogen) atoms. The number of hydrogen-bond acceptors (Lipinski definition) is 6. The van der Waals surface area contributed by atoms with E-state index in [-0.39, 0.29) is 17.2 Å². The van der Waals surface area contributed by atoms with Crippen molar-refractivity contribution < 1.29 is 23.9 Å². The topological polar surface area (TPSA) is 97.0 Å². The number of benzene rings is 2. The molecule has 2 aromatic carbocycles. The zero-order valence-corrected chi connectivity index (χ0v) is 21.8. The molecule has 8 heteroatoms. The Morgan fingerprint density at radius 3 is 2.14 bits per heavy atom. The third-order valence-corrected chi connectivity index (χ3v) is 6.09. The van der Waals surface area contributed by atoms with Gasteiger partial charge in [-0.05, 0) is 53.3 Å². The monoisotopic (exact) mass is 495 g/mol. The van der Waals surface area contributed by atoms with Gasteiger partial charge in [0.1, 0.15) is 6.04 Å². The standard InChI is InChI=1S/C28H37N3O5/c1-19(2)25(30-26(33)20-6-8-21(9-7-20)28(3,4)5)27(34)36-18-24(32)29-22-10-12-23(13-11-22)31-14-16-35-17-15-31/h6-13,19,25H,14-18H2,1-5H3,(H,29,32)(H,30,33). The lowest BCUT2D eigenvalue weighted by molar-refractivity contribution is -0.150. The summed E-state index contributed by atoms with van der Waals surface area (Å²) in [6.07, 6.45) is 0. The fourth-order valence-corrected chi connectivity index (χ4v) is 3.84. The molecule has 0 spiro atoms. The molecule has 1 aliphatic rings. The van der Waals surface area contributed by atoms with E-state index in [1.54, 1.807) is 12.1 Å². The number of nitrogens with zero attached hydrogens (tertiary/aromatic N) is 1. The Morgan fingerprint density at radius 1 is 0.972 bits per heavy atom. The first-order valence-electron chi connectivity index (χ1n) is 12.4. The van der Waals surface area contributed by atoms with Crippen LogP contribution in [-0.2, 0) is 24.5 Å². The normalized spacial score (nSPS) is 14.8. The van der Waals surface area contributed by atoms with Gasteiger partial charge in [-0.3, -0.25) is 9.59 Å². The van der Waals surface area contributed by atoms with Crippen LogP contribution in [0.3, 0.4) is 0 Å². The van der Waals surface area contributed by atoms with Crippen molar-refractivity contribution in [1.82, 2.24) is 5.32 Å². The van der Waals surface area contributed by atoms with E-state index < -0.39 is 24.5 Å². The molecule has 8 nitrogen and oxygen atoms in total. The second-order valence-corrected chi connectivity index (χ2v) is 10.3. The van der Waals surface area contributed by atoms with Crippen LogP contribution in [0.4, 0.5) is 11.4 Å². The van der Waals surface area contributed by atoms with Gasteiger partial charge in [-0.15, -0.1) is 0 Å². The van der Waals surface area contributed by atoms with Crippen LogP contribution in [0.5, 0.6) is 0 Å². The van der Waals surface area contributed by atoms with Crippen molar-refractivity contribution in [3.63, 3.8) is 0 Å². The zero-order chi connectivity index (χ0) is 26.3. The van der Waals surface area contributed by atoms with Gasteiger partial charge in [0.15, 0.2) is 6.61 Å². The first-order valence-corrected chi connectivity index (χ1v) is 12.4. The van der Waals surface area contributed by atoms with Gasteiger partial charge >= 0.3 is 5.97 Å². The maximum Gasteiger partial charge on any atom is 0.329 e. The second kappa shape index (κ2) is 12.0. The Labute approximate surface area is 213 Å². The van der Waals surface area contributed by atoms with Crippen LogP contribution < -0.4 is 15.5 Å². The number of hydrogen-bond donors (Lipinski definition) is 2. The van der Waals surface area contributed by atoms with E-state index in [0.29, 0.717) is 24.5 Å². The summed E-state index contributed by atoms with van der Waals surface area (Å²) in [6.45, 7) is 12.5. The molecule has 0 bridgehead atoms. The highest BCUT2D eigenvalue weighted by atomic mass is 16.5. The minimum atomic E-state index is -0.875. The minimum Gasteiger partial charge on any atom is -0.454 e. The summed E-state index contributed by atoms with van der Waals surface area (Å²) in [5, 5.41) is 5.48. The number of esters is 1. The SMILES string of the molecule is CC(C)C(NC(=O)c1ccc(C(C)(C)C)cc1)C(=O)OCC(=O)Nc1ccc(N2CCOCC2)cc1. The molecule has 1 heterocycles. The minimum absolute atomic E-state index is 0.0232. The summed E-state index contributed by atoms with van der Waals surface area (Å²) in [7, 11) is 0. The highest BCUT2D eigenvalue weighted by Gasteiger charge is 2.27. The number of rotatable bonds is 8. The van der Waals surface area contributed by atoms with Gasteiger partial charge in [-0.25, -0.2) is 4.79 Å². The van der Waals surface area contributed by atoms with E-state index in [2.05, 4.69) is 36.3 Å². The van der Waals surface area contributed by atoms with Crippen molar-refractivity contribution in [3.8, 4) is 0 Å².